The average molecular weight is 487 g/mol. The van der Waals surface area contributed by atoms with Gasteiger partial charge in [0.1, 0.15) is 5.75 Å². The van der Waals surface area contributed by atoms with Gasteiger partial charge in [0.25, 0.3) is 11.8 Å². The van der Waals surface area contributed by atoms with Gasteiger partial charge in [0.15, 0.2) is 6.61 Å². The van der Waals surface area contributed by atoms with Crippen LogP contribution in [-0.4, -0.2) is 36.4 Å². The van der Waals surface area contributed by atoms with Crippen LogP contribution in [0.5, 0.6) is 5.75 Å². The van der Waals surface area contributed by atoms with Gasteiger partial charge < -0.3 is 15.0 Å². The summed E-state index contributed by atoms with van der Waals surface area (Å²) in [4.78, 5) is 26.0. The number of rotatable bonds is 7. The molecule has 5 nitrogen and oxygen atoms in total. The number of amides is 2. The van der Waals surface area contributed by atoms with Crippen molar-refractivity contribution in [3.05, 3.63) is 56.6 Å². The van der Waals surface area contributed by atoms with Crippen LogP contribution < -0.4 is 10.1 Å². The number of nitrogens with zero attached hydrogens (tertiary/aromatic N) is 1. The molecule has 0 unspecified atom stereocenters. The predicted molar refractivity (Wildman–Crippen MR) is 112 cm³/mol. The van der Waals surface area contributed by atoms with Gasteiger partial charge in [-0.25, -0.2) is 0 Å². The number of ether oxygens (including phenoxy) is 1. The maximum Gasteiger partial charge on any atom is 0.260 e. The second-order valence-corrected chi connectivity index (χ2v) is 7.00. The Kier molecular flexibility index (Phi) is 7.71. The number of nitrogens with one attached hydrogen (secondary N) is 1. The zero-order valence-corrected chi connectivity index (χ0v) is 17.5. The van der Waals surface area contributed by atoms with E-state index in [4.69, 9.17) is 16.3 Å². The van der Waals surface area contributed by atoms with Crippen molar-refractivity contribution in [3.63, 3.8) is 0 Å². The first-order chi connectivity index (χ1) is 12.5. The lowest BCUT2D eigenvalue weighted by molar-refractivity contribution is -0.132. The van der Waals surface area contributed by atoms with Crippen molar-refractivity contribution in [3.8, 4) is 5.75 Å². The average Bonchev–Trinajstić information content (AvgIpc) is 2.62. The molecule has 26 heavy (non-hydrogen) atoms. The first kappa shape index (κ1) is 20.5. The third-order valence-corrected chi connectivity index (χ3v) is 5.01. The molecular weight excluding hydrogens is 467 g/mol. The van der Waals surface area contributed by atoms with Crippen LogP contribution in [0.25, 0.3) is 0 Å². The Morgan fingerprint density at radius 2 is 1.85 bits per heavy atom. The van der Waals surface area contributed by atoms with Gasteiger partial charge in [-0.1, -0.05) is 23.7 Å². The summed E-state index contributed by atoms with van der Waals surface area (Å²) in [5.74, 6) is 0.0954. The minimum atomic E-state index is -0.212. The fourth-order valence-corrected chi connectivity index (χ4v) is 3.21. The second kappa shape index (κ2) is 9.78. The Hall–Kier alpha value is -1.80. The third-order valence-electron chi connectivity index (χ3n) is 3.78. The molecule has 0 saturated carbocycles. The quantitative estimate of drug-likeness (QED) is 0.589. The first-order valence-corrected chi connectivity index (χ1v) is 9.67. The molecule has 0 spiro atoms. The summed E-state index contributed by atoms with van der Waals surface area (Å²) < 4.78 is 6.37. The highest BCUT2D eigenvalue weighted by Gasteiger charge is 2.13. The molecule has 2 aromatic carbocycles. The number of halogens is 2. The van der Waals surface area contributed by atoms with Crippen molar-refractivity contribution in [1.82, 2.24) is 4.90 Å². The Morgan fingerprint density at radius 3 is 2.46 bits per heavy atom. The van der Waals surface area contributed by atoms with Crippen LogP contribution in [0.3, 0.4) is 0 Å². The van der Waals surface area contributed by atoms with Crippen LogP contribution in [-0.2, 0) is 4.79 Å². The lowest BCUT2D eigenvalue weighted by Gasteiger charge is -2.19. The number of hydrogen-bond donors (Lipinski definition) is 1. The van der Waals surface area contributed by atoms with E-state index in [1.807, 2.05) is 32.0 Å². The molecule has 0 saturated heterocycles. The fraction of sp³-hybridized carbons (Fsp3) is 0.263. The van der Waals surface area contributed by atoms with Gasteiger partial charge in [-0.2, -0.15) is 0 Å². The molecule has 0 aliphatic carbocycles. The molecule has 0 aliphatic heterocycles. The van der Waals surface area contributed by atoms with Gasteiger partial charge >= 0.3 is 0 Å². The summed E-state index contributed by atoms with van der Waals surface area (Å²) in [6.07, 6.45) is 0. The number of hydrogen-bond acceptors (Lipinski definition) is 3. The van der Waals surface area contributed by atoms with Crippen molar-refractivity contribution < 1.29 is 14.3 Å². The van der Waals surface area contributed by atoms with Crippen molar-refractivity contribution in [1.29, 1.82) is 0 Å². The Bertz CT molecular complexity index is 794. The highest BCUT2D eigenvalue weighted by atomic mass is 127. The van der Waals surface area contributed by atoms with Crippen LogP contribution in [0.15, 0.2) is 42.5 Å². The Balaban J connectivity index is 2.02. The molecule has 138 valence electrons. The van der Waals surface area contributed by atoms with Gasteiger partial charge in [-0.15, -0.1) is 0 Å². The molecule has 0 fully saturated rings. The summed E-state index contributed by atoms with van der Waals surface area (Å²) in [5.41, 5.74) is 1.15. The monoisotopic (exact) mass is 486 g/mol. The van der Waals surface area contributed by atoms with Crippen LogP contribution in [0.4, 0.5) is 5.69 Å². The Labute approximate surface area is 171 Å². The van der Waals surface area contributed by atoms with E-state index in [-0.39, 0.29) is 18.4 Å². The molecule has 2 rings (SSSR count). The van der Waals surface area contributed by atoms with Gasteiger partial charge in [0.2, 0.25) is 0 Å². The van der Waals surface area contributed by atoms with E-state index in [1.165, 1.54) is 0 Å². The van der Waals surface area contributed by atoms with E-state index in [9.17, 15) is 9.59 Å². The SMILES string of the molecule is CCN(CC)C(=O)COc1ccc(NC(=O)c2ccccc2I)cc1Cl. The van der Waals surface area contributed by atoms with Crippen molar-refractivity contribution in [2.75, 3.05) is 25.0 Å². The van der Waals surface area contributed by atoms with E-state index in [0.29, 0.717) is 35.1 Å². The highest BCUT2D eigenvalue weighted by molar-refractivity contribution is 14.1. The minimum absolute atomic E-state index is 0.0741. The molecule has 0 radical (unpaired) electrons. The second-order valence-electron chi connectivity index (χ2n) is 5.43. The molecule has 7 heteroatoms. The zero-order chi connectivity index (χ0) is 19.1. The molecule has 1 N–H and O–H groups in total. The van der Waals surface area contributed by atoms with Crippen molar-refractivity contribution in [2.45, 2.75) is 13.8 Å². The van der Waals surface area contributed by atoms with Gasteiger partial charge in [-0.05, 0) is 66.8 Å². The van der Waals surface area contributed by atoms with Crippen LogP contribution in [0, 0.1) is 3.57 Å². The largest absolute Gasteiger partial charge is 0.482 e. The number of likely N-dealkylation sites (N-methyl/N-ethyl adjacent to an activating group) is 1. The molecule has 2 aromatic rings. The third kappa shape index (κ3) is 5.35. The number of carbonyl (C=O) groups is 2. The lowest BCUT2D eigenvalue weighted by atomic mass is 10.2. The number of benzene rings is 2. The normalized spacial score (nSPS) is 10.3. The summed E-state index contributed by atoms with van der Waals surface area (Å²) >= 11 is 8.33. The van der Waals surface area contributed by atoms with Crippen LogP contribution in [0.1, 0.15) is 24.2 Å². The summed E-state index contributed by atoms with van der Waals surface area (Å²) in [6, 6.07) is 12.3. The first-order valence-electron chi connectivity index (χ1n) is 8.22. The number of anilines is 1. The van der Waals surface area contributed by atoms with E-state index in [1.54, 1.807) is 29.2 Å². The van der Waals surface area contributed by atoms with E-state index in [0.717, 1.165) is 3.57 Å². The summed E-state index contributed by atoms with van der Waals surface area (Å²) in [6.45, 7) is 5.03. The Morgan fingerprint density at radius 1 is 1.15 bits per heavy atom. The van der Waals surface area contributed by atoms with Gasteiger partial charge in [0.05, 0.1) is 10.6 Å². The van der Waals surface area contributed by atoms with Crippen molar-refractivity contribution in [2.24, 2.45) is 0 Å². The lowest BCUT2D eigenvalue weighted by Crippen LogP contribution is -2.34. The molecule has 0 aromatic heterocycles. The molecule has 2 amide bonds. The zero-order valence-electron chi connectivity index (χ0n) is 14.6. The van der Waals surface area contributed by atoms with E-state index >= 15 is 0 Å². The van der Waals surface area contributed by atoms with Gasteiger partial charge in [-0.3, -0.25) is 9.59 Å². The topological polar surface area (TPSA) is 58.6 Å². The maximum absolute atomic E-state index is 12.3. The molecule has 0 atom stereocenters. The highest BCUT2D eigenvalue weighted by Crippen LogP contribution is 2.28. The van der Waals surface area contributed by atoms with Crippen LogP contribution >= 0.6 is 34.2 Å². The van der Waals surface area contributed by atoms with Gasteiger partial charge in [0, 0.05) is 22.3 Å². The number of carbonyl (C=O) groups excluding carboxylic acids is 2. The van der Waals surface area contributed by atoms with E-state index < -0.39 is 0 Å². The summed E-state index contributed by atoms with van der Waals surface area (Å²) in [5, 5.41) is 3.14. The smallest absolute Gasteiger partial charge is 0.260 e. The van der Waals surface area contributed by atoms with Crippen molar-refractivity contribution >= 4 is 51.7 Å². The maximum atomic E-state index is 12.3. The molecular formula is C19H20ClIN2O3. The minimum Gasteiger partial charge on any atom is -0.482 e. The van der Waals surface area contributed by atoms with E-state index in [2.05, 4.69) is 27.9 Å². The summed E-state index contributed by atoms with van der Waals surface area (Å²) in [7, 11) is 0. The fourth-order valence-electron chi connectivity index (χ4n) is 2.35. The molecule has 0 aliphatic rings. The van der Waals surface area contributed by atoms with Crippen LogP contribution in [0.2, 0.25) is 5.02 Å². The molecule has 0 heterocycles. The standard InChI is InChI=1S/C19H20ClIN2O3/c1-3-23(4-2)18(24)12-26-17-10-9-13(11-15(17)20)22-19(25)14-7-5-6-8-16(14)21/h5-11H,3-4,12H2,1-2H3,(H,22,25). The molecule has 0 bridgehead atoms. The predicted octanol–water partition coefficient (Wildman–Crippen LogP) is 4.44.